The number of hydrogen-bond donors (Lipinski definition) is 0. The minimum absolute atomic E-state index is 0.0946. The van der Waals surface area contributed by atoms with Crippen molar-refractivity contribution < 1.29 is 8.42 Å². The summed E-state index contributed by atoms with van der Waals surface area (Å²) in [5, 5.41) is 0. The molecule has 0 aromatic carbocycles. The second-order valence-electron chi connectivity index (χ2n) is 4.06. The van der Waals surface area contributed by atoms with Crippen molar-refractivity contribution in [2.45, 2.75) is 32.2 Å². The van der Waals surface area contributed by atoms with Crippen LogP contribution in [-0.2, 0) is 9.05 Å². The summed E-state index contributed by atoms with van der Waals surface area (Å²) in [7, 11) is 1.75. The Bertz CT molecular complexity index is 326. The van der Waals surface area contributed by atoms with Gasteiger partial charge in [-0.05, 0) is 32.4 Å². The van der Waals surface area contributed by atoms with Crippen LogP contribution in [-0.4, -0.2) is 38.2 Å². The molecule has 1 saturated heterocycles. The number of hydrogen-bond acceptors (Lipinski definition) is 3. The Kier molecular flexibility index (Phi) is 4.62. The molecule has 1 heterocycles. The van der Waals surface area contributed by atoms with Gasteiger partial charge in [-0.15, -0.1) is 0 Å². The van der Waals surface area contributed by atoms with Gasteiger partial charge in [-0.3, -0.25) is 0 Å². The summed E-state index contributed by atoms with van der Waals surface area (Å²) >= 11 is 0. The van der Waals surface area contributed by atoms with Gasteiger partial charge in [0.2, 0.25) is 9.05 Å². The molecular formula is C10H18ClNO2S. The molecule has 1 aliphatic rings. The average Bonchev–Trinajstić information content (AvgIpc) is 2.48. The summed E-state index contributed by atoms with van der Waals surface area (Å²) in [6, 6.07) is 0.459. The molecule has 3 nitrogen and oxygen atoms in total. The molecule has 1 atom stereocenters. The van der Waals surface area contributed by atoms with Crippen LogP contribution in [0, 0.1) is 0 Å². The Morgan fingerprint density at radius 2 is 2.27 bits per heavy atom. The highest BCUT2D eigenvalue weighted by Crippen LogP contribution is 2.23. The number of halogens is 1. The molecule has 0 saturated carbocycles. The van der Waals surface area contributed by atoms with Crippen molar-refractivity contribution in [3.05, 3.63) is 12.2 Å². The van der Waals surface area contributed by atoms with E-state index >= 15 is 0 Å². The third-order valence-corrected chi connectivity index (χ3v) is 3.89. The zero-order valence-electron chi connectivity index (χ0n) is 9.08. The van der Waals surface area contributed by atoms with Crippen molar-refractivity contribution >= 4 is 19.7 Å². The summed E-state index contributed by atoms with van der Waals surface area (Å²) in [6.07, 6.45) is 3.08. The fraction of sp³-hybridized carbons (Fsp3) is 0.800. The number of likely N-dealkylation sites (tertiary alicyclic amines) is 1. The van der Waals surface area contributed by atoms with E-state index in [2.05, 4.69) is 18.4 Å². The predicted octanol–water partition coefficient (Wildman–Crippen LogP) is 1.99. The SMILES string of the molecule is C=C(CC1CCCN1CC)CS(=O)(=O)Cl. The van der Waals surface area contributed by atoms with E-state index in [0.29, 0.717) is 6.04 Å². The lowest BCUT2D eigenvalue weighted by Gasteiger charge is -2.23. The first-order valence-electron chi connectivity index (χ1n) is 5.25. The minimum Gasteiger partial charge on any atom is -0.300 e. The van der Waals surface area contributed by atoms with Gasteiger partial charge in [0.05, 0.1) is 5.75 Å². The molecule has 0 spiro atoms. The summed E-state index contributed by atoms with van der Waals surface area (Å²) in [6.45, 7) is 8.04. The van der Waals surface area contributed by atoms with Gasteiger partial charge in [0.1, 0.15) is 0 Å². The minimum atomic E-state index is -3.44. The summed E-state index contributed by atoms with van der Waals surface area (Å²) in [5.74, 6) is -0.0946. The zero-order chi connectivity index (χ0) is 11.5. The van der Waals surface area contributed by atoms with Gasteiger partial charge in [-0.1, -0.05) is 19.1 Å². The van der Waals surface area contributed by atoms with Crippen molar-refractivity contribution in [3.63, 3.8) is 0 Å². The lowest BCUT2D eigenvalue weighted by molar-refractivity contribution is 0.266. The Hall–Kier alpha value is -0.0600. The average molecular weight is 252 g/mol. The molecule has 0 amide bonds. The number of rotatable bonds is 5. The summed E-state index contributed by atoms with van der Waals surface area (Å²) in [5.41, 5.74) is 0.718. The number of nitrogens with zero attached hydrogens (tertiary/aromatic N) is 1. The van der Waals surface area contributed by atoms with E-state index in [1.165, 1.54) is 6.42 Å². The largest absolute Gasteiger partial charge is 0.300 e. The van der Waals surface area contributed by atoms with Crippen LogP contribution >= 0.6 is 10.7 Å². The van der Waals surface area contributed by atoms with E-state index in [9.17, 15) is 8.42 Å². The normalized spacial score (nSPS) is 23.2. The van der Waals surface area contributed by atoms with E-state index in [-0.39, 0.29) is 5.75 Å². The molecule has 0 radical (unpaired) electrons. The van der Waals surface area contributed by atoms with Crippen molar-refractivity contribution in [2.24, 2.45) is 0 Å². The van der Waals surface area contributed by atoms with Gasteiger partial charge in [0, 0.05) is 16.7 Å². The van der Waals surface area contributed by atoms with Crippen LogP contribution < -0.4 is 0 Å². The van der Waals surface area contributed by atoms with E-state index < -0.39 is 9.05 Å². The molecule has 5 heteroatoms. The molecule has 1 rings (SSSR count). The van der Waals surface area contributed by atoms with Crippen LogP contribution in [0.4, 0.5) is 0 Å². The van der Waals surface area contributed by atoms with Crippen molar-refractivity contribution in [1.29, 1.82) is 0 Å². The van der Waals surface area contributed by atoms with Crippen LogP contribution in [0.15, 0.2) is 12.2 Å². The molecule has 1 unspecified atom stereocenters. The zero-order valence-corrected chi connectivity index (χ0v) is 10.6. The van der Waals surface area contributed by atoms with Gasteiger partial charge in [-0.25, -0.2) is 8.42 Å². The molecule has 1 aliphatic heterocycles. The first-order valence-corrected chi connectivity index (χ1v) is 7.73. The molecular weight excluding hydrogens is 234 g/mol. The highest BCUT2D eigenvalue weighted by atomic mass is 35.7. The van der Waals surface area contributed by atoms with Gasteiger partial charge >= 0.3 is 0 Å². The third kappa shape index (κ3) is 4.53. The summed E-state index contributed by atoms with van der Waals surface area (Å²) < 4.78 is 21.7. The molecule has 1 fully saturated rings. The van der Waals surface area contributed by atoms with Crippen LogP contribution in [0.25, 0.3) is 0 Å². The molecule has 0 aromatic heterocycles. The molecule has 0 N–H and O–H groups in total. The first-order chi connectivity index (χ1) is 6.92. The molecule has 88 valence electrons. The maximum atomic E-state index is 10.9. The van der Waals surface area contributed by atoms with E-state index in [1.54, 1.807) is 0 Å². The van der Waals surface area contributed by atoms with E-state index in [0.717, 1.165) is 31.5 Å². The van der Waals surface area contributed by atoms with Crippen LogP contribution in [0.3, 0.4) is 0 Å². The second kappa shape index (κ2) is 5.32. The highest BCUT2D eigenvalue weighted by molar-refractivity contribution is 8.13. The third-order valence-electron chi connectivity index (χ3n) is 2.81. The molecule has 15 heavy (non-hydrogen) atoms. The summed E-state index contributed by atoms with van der Waals surface area (Å²) in [4.78, 5) is 2.37. The van der Waals surface area contributed by atoms with E-state index in [1.807, 2.05) is 0 Å². The van der Waals surface area contributed by atoms with Gasteiger partial charge in [0.25, 0.3) is 0 Å². The van der Waals surface area contributed by atoms with Gasteiger partial charge in [-0.2, -0.15) is 0 Å². The topological polar surface area (TPSA) is 37.4 Å². The molecule has 0 aliphatic carbocycles. The van der Waals surface area contributed by atoms with Crippen LogP contribution in [0.1, 0.15) is 26.2 Å². The quantitative estimate of drug-likeness (QED) is 0.554. The fourth-order valence-electron chi connectivity index (χ4n) is 2.18. The Balaban J connectivity index is 2.44. The monoisotopic (exact) mass is 251 g/mol. The maximum absolute atomic E-state index is 10.9. The lowest BCUT2D eigenvalue weighted by atomic mass is 10.1. The fourth-order valence-corrected chi connectivity index (χ4v) is 3.25. The highest BCUT2D eigenvalue weighted by Gasteiger charge is 2.24. The van der Waals surface area contributed by atoms with Crippen molar-refractivity contribution in [2.75, 3.05) is 18.8 Å². The smallest absolute Gasteiger partial charge is 0.236 e. The Morgan fingerprint density at radius 3 is 2.80 bits per heavy atom. The van der Waals surface area contributed by atoms with Crippen molar-refractivity contribution in [1.82, 2.24) is 4.90 Å². The lowest BCUT2D eigenvalue weighted by Crippen LogP contribution is -2.29. The van der Waals surface area contributed by atoms with E-state index in [4.69, 9.17) is 10.7 Å². The molecule has 0 aromatic rings. The Labute approximate surface area is 96.5 Å². The predicted molar refractivity (Wildman–Crippen MR) is 63.7 cm³/mol. The van der Waals surface area contributed by atoms with Crippen LogP contribution in [0.5, 0.6) is 0 Å². The maximum Gasteiger partial charge on any atom is 0.236 e. The van der Waals surface area contributed by atoms with Crippen LogP contribution in [0.2, 0.25) is 0 Å². The first kappa shape index (κ1) is 13.0. The van der Waals surface area contributed by atoms with Gasteiger partial charge < -0.3 is 4.90 Å². The van der Waals surface area contributed by atoms with Crippen molar-refractivity contribution in [3.8, 4) is 0 Å². The second-order valence-corrected chi connectivity index (χ2v) is 6.84. The van der Waals surface area contributed by atoms with Gasteiger partial charge in [0.15, 0.2) is 0 Å². The molecule has 0 bridgehead atoms. The Morgan fingerprint density at radius 1 is 1.60 bits per heavy atom. The standard InChI is InChI=1S/C10H18ClNO2S/c1-3-12-6-4-5-10(12)7-9(2)8-15(11,13)14/h10H,2-8H2,1H3.